The molecule has 90 valence electrons. The second kappa shape index (κ2) is 4.95. The third-order valence-electron chi connectivity index (χ3n) is 1.72. The van der Waals surface area contributed by atoms with E-state index in [1.807, 2.05) is 6.92 Å². The quantitative estimate of drug-likeness (QED) is 0.776. The first-order chi connectivity index (χ1) is 7.43. The molecule has 0 spiro atoms. The number of halogens is 3. The number of nitrogens with zero attached hydrogens (tertiary/aromatic N) is 3. The summed E-state index contributed by atoms with van der Waals surface area (Å²) >= 11 is 0. The van der Waals surface area contributed by atoms with Gasteiger partial charge in [-0.15, -0.1) is 0 Å². The molecule has 0 radical (unpaired) electrons. The number of alkyl halides is 3. The SMILES string of the molecule is CCCCNc1nc(N)nc(C(F)(F)F)n1. The Kier molecular flexibility index (Phi) is 3.86. The highest BCUT2D eigenvalue weighted by atomic mass is 19.4. The Morgan fingerprint density at radius 2 is 1.94 bits per heavy atom. The summed E-state index contributed by atoms with van der Waals surface area (Å²) in [4.78, 5) is 9.83. The fourth-order valence-corrected chi connectivity index (χ4v) is 0.975. The number of nitrogens with one attached hydrogen (secondary N) is 1. The van der Waals surface area contributed by atoms with Crippen LogP contribution in [0.5, 0.6) is 0 Å². The van der Waals surface area contributed by atoms with Crippen LogP contribution in [0.15, 0.2) is 0 Å². The van der Waals surface area contributed by atoms with Crippen molar-refractivity contribution in [2.45, 2.75) is 25.9 Å². The van der Waals surface area contributed by atoms with Crippen molar-refractivity contribution in [3.05, 3.63) is 5.82 Å². The number of nitrogens with two attached hydrogens (primary N) is 1. The average molecular weight is 235 g/mol. The molecular weight excluding hydrogens is 223 g/mol. The second-order valence-corrected chi connectivity index (χ2v) is 3.12. The van der Waals surface area contributed by atoms with E-state index in [1.165, 1.54) is 0 Å². The first-order valence-electron chi connectivity index (χ1n) is 4.76. The van der Waals surface area contributed by atoms with Gasteiger partial charge in [-0.05, 0) is 6.42 Å². The van der Waals surface area contributed by atoms with Crippen molar-refractivity contribution in [3.8, 4) is 0 Å². The van der Waals surface area contributed by atoms with Crippen LogP contribution in [0.3, 0.4) is 0 Å². The number of rotatable bonds is 4. The number of unbranched alkanes of at least 4 members (excludes halogenated alkanes) is 1. The number of aromatic nitrogens is 3. The predicted octanol–water partition coefficient (Wildman–Crippen LogP) is 1.68. The van der Waals surface area contributed by atoms with Gasteiger partial charge in [0.25, 0.3) is 0 Å². The summed E-state index contributed by atoms with van der Waals surface area (Å²) in [7, 11) is 0. The summed E-state index contributed by atoms with van der Waals surface area (Å²) in [5, 5.41) is 2.66. The van der Waals surface area contributed by atoms with Crippen molar-refractivity contribution in [2.75, 3.05) is 17.6 Å². The van der Waals surface area contributed by atoms with Crippen molar-refractivity contribution < 1.29 is 13.2 Å². The Labute approximate surface area is 90.3 Å². The lowest BCUT2D eigenvalue weighted by Crippen LogP contribution is -2.16. The highest BCUT2D eigenvalue weighted by Gasteiger charge is 2.35. The molecule has 0 aliphatic heterocycles. The molecule has 0 amide bonds. The summed E-state index contributed by atoms with van der Waals surface area (Å²) in [5.41, 5.74) is 5.16. The first kappa shape index (κ1) is 12.5. The first-order valence-corrected chi connectivity index (χ1v) is 4.76. The van der Waals surface area contributed by atoms with E-state index in [1.54, 1.807) is 0 Å². The minimum absolute atomic E-state index is 0.145. The van der Waals surface area contributed by atoms with Gasteiger partial charge >= 0.3 is 6.18 Å². The lowest BCUT2D eigenvalue weighted by molar-refractivity contribution is -0.144. The third kappa shape index (κ3) is 3.52. The maximum atomic E-state index is 12.3. The number of nitrogen functional groups attached to an aromatic ring is 1. The highest BCUT2D eigenvalue weighted by Crippen LogP contribution is 2.26. The van der Waals surface area contributed by atoms with Crippen LogP contribution in [0.4, 0.5) is 25.1 Å². The van der Waals surface area contributed by atoms with Gasteiger partial charge in [-0.3, -0.25) is 0 Å². The summed E-state index contributed by atoms with van der Waals surface area (Å²) in [6.07, 6.45) is -2.88. The largest absolute Gasteiger partial charge is 0.451 e. The van der Waals surface area contributed by atoms with Gasteiger partial charge < -0.3 is 11.1 Å². The van der Waals surface area contributed by atoms with Crippen LogP contribution in [0.2, 0.25) is 0 Å². The van der Waals surface area contributed by atoms with Crippen LogP contribution in [-0.2, 0) is 6.18 Å². The van der Waals surface area contributed by atoms with Crippen LogP contribution in [0.1, 0.15) is 25.6 Å². The Morgan fingerprint density at radius 1 is 1.25 bits per heavy atom. The minimum atomic E-state index is -4.61. The fourth-order valence-electron chi connectivity index (χ4n) is 0.975. The molecule has 0 bridgehead atoms. The van der Waals surface area contributed by atoms with E-state index in [-0.39, 0.29) is 5.95 Å². The average Bonchev–Trinajstić information content (AvgIpc) is 2.16. The van der Waals surface area contributed by atoms with Crippen LogP contribution in [0, 0.1) is 0 Å². The molecule has 0 unspecified atom stereocenters. The van der Waals surface area contributed by atoms with Crippen molar-refractivity contribution in [1.29, 1.82) is 0 Å². The predicted molar refractivity (Wildman–Crippen MR) is 52.6 cm³/mol. The number of hydrogen-bond donors (Lipinski definition) is 2. The van der Waals surface area contributed by atoms with Crippen molar-refractivity contribution >= 4 is 11.9 Å². The lowest BCUT2D eigenvalue weighted by atomic mass is 10.3. The zero-order valence-corrected chi connectivity index (χ0v) is 8.67. The second-order valence-electron chi connectivity index (χ2n) is 3.12. The molecule has 1 rings (SSSR count). The fraction of sp³-hybridized carbons (Fsp3) is 0.625. The molecule has 1 heterocycles. The summed E-state index contributed by atoms with van der Waals surface area (Å²) in [6.45, 7) is 2.46. The Bertz CT molecular complexity index is 352. The van der Waals surface area contributed by atoms with Gasteiger partial charge in [0.05, 0.1) is 0 Å². The Hall–Kier alpha value is -1.60. The minimum Gasteiger partial charge on any atom is -0.368 e. The maximum absolute atomic E-state index is 12.3. The lowest BCUT2D eigenvalue weighted by Gasteiger charge is -2.08. The van der Waals surface area contributed by atoms with E-state index in [2.05, 4.69) is 20.3 Å². The molecule has 0 aliphatic rings. The van der Waals surface area contributed by atoms with Gasteiger partial charge in [-0.1, -0.05) is 13.3 Å². The summed E-state index contributed by atoms with van der Waals surface area (Å²) in [5.74, 6) is -1.87. The molecular formula is C8H12F3N5. The molecule has 3 N–H and O–H groups in total. The topological polar surface area (TPSA) is 76.7 Å². The normalized spacial score (nSPS) is 11.5. The summed E-state index contributed by atoms with van der Waals surface area (Å²) in [6, 6.07) is 0. The molecule has 0 fully saturated rings. The molecule has 1 aromatic rings. The van der Waals surface area contributed by atoms with E-state index >= 15 is 0 Å². The van der Waals surface area contributed by atoms with E-state index in [0.717, 1.165) is 12.8 Å². The highest BCUT2D eigenvalue weighted by molar-refractivity contribution is 5.31. The molecule has 8 heteroatoms. The van der Waals surface area contributed by atoms with Crippen LogP contribution in [0.25, 0.3) is 0 Å². The van der Waals surface area contributed by atoms with Gasteiger partial charge in [0.15, 0.2) is 0 Å². The van der Waals surface area contributed by atoms with Gasteiger partial charge in [-0.25, -0.2) is 0 Å². The molecule has 0 saturated heterocycles. The zero-order valence-electron chi connectivity index (χ0n) is 8.67. The van der Waals surface area contributed by atoms with Crippen LogP contribution in [-0.4, -0.2) is 21.5 Å². The van der Waals surface area contributed by atoms with E-state index in [4.69, 9.17) is 5.73 Å². The van der Waals surface area contributed by atoms with E-state index in [9.17, 15) is 13.2 Å². The number of anilines is 2. The molecule has 0 atom stereocenters. The van der Waals surface area contributed by atoms with Gasteiger partial charge in [0.2, 0.25) is 17.7 Å². The van der Waals surface area contributed by atoms with Crippen molar-refractivity contribution in [2.24, 2.45) is 0 Å². The van der Waals surface area contributed by atoms with Gasteiger partial charge in [0, 0.05) is 6.54 Å². The van der Waals surface area contributed by atoms with Crippen LogP contribution < -0.4 is 11.1 Å². The Balaban J connectivity index is 2.82. The Morgan fingerprint density at radius 3 is 2.50 bits per heavy atom. The monoisotopic (exact) mass is 235 g/mol. The smallest absolute Gasteiger partial charge is 0.368 e. The van der Waals surface area contributed by atoms with Crippen molar-refractivity contribution in [3.63, 3.8) is 0 Å². The summed E-state index contributed by atoms with van der Waals surface area (Å²) < 4.78 is 36.9. The van der Waals surface area contributed by atoms with E-state index in [0.29, 0.717) is 6.54 Å². The molecule has 0 saturated carbocycles. The standard InChI is InChI=1S/C8H12F3N5/c1-2-3-4-13-7-15-5(8(9,10)11)14-6(12)16-7/h2-4H2,1H3,(H3,12,13,14,15,16). The number of hydrogen-bond acceptors (Lipinski definition) is 5. The third-order valence-corrected chi connectivity index (χ3v) is 1.72. The maximum Gasteiger partial charge on any atom is 0.451 e. The van der Waals surface area contributed by atoms with Gasteiger partial charge in [-0.2, -0.15) is 28.1 Å². The van der Waals surface area contributed by atoms with Crippen LogP contribution >= 0.6 is 0 Å². The molecule has 0 aliphatic carbocycles. The molecule has 1 aromatic heterocycles. The van der Waals surface area contributed by atoms with E-state index < -0.39 is 17.9 Å². The molecule has 16 heavy (non-hydrogen) atoms. The van der Waals surface area contributed by atoms with Crippen molar-refractivity contribution in [1.82, 2.24) is 15.0 Å². The zero-order chi connectivity index (χ0) is 12.2. The van der Waals surface area contributed by atoms with Gasteiger partial charge in [0.1, 0.15) is 0 Å². The molecule has 5 nitrogen and oxygen atoms in total. The molecule has 0 aromatic carbocycles.